The van der Waals surface area contributed by atoms with Crippen molar-refractivity contribution in [2.75, 3.05) is 13.2 Å². The lowest BCUT2D eigenvalue weighted by Crippen LogP contribution is -2.66. The zero-order chi connectivity index (χ0) is 28.6. The Hall–Kier alpha value is -1.76. The standard InChI is InChI=1S/C32H50O7/c1-27(2)13-14-31(18-38-25(34)35)15-16-32(19-39-26(36)37)20(21(31)17-27)7-8-23-29(5)11-10-24(33)28(3,4)22(29)9-12-30(23,32)6/h7,21-24,33H,8-19H2,1-6H3,(H,34,35)(H,36,37)/t21-,22?,23-,24+,29+,30-,31-,32+/m1/s1. The SMILES string of the molecule is CC1(C)CC[C@]2(COC(=O)O)CC[C@]3(COC(=O)O)C(=CC[C@@H]4[C@@]5(C)CC[C@H](O)C(C)(C)C5CC[C@]43C)[C@H]2C1. The lowest BCUT2D eigenvalue weighted by Gasteiger charge is -2.71. The Kier molecular flexibility index (Phi) is 6.73. The molecule has 0 aromatic rings. The number of aliphatic hydroxyl groups is 1. The highest BCUT2D eigenvalue weighted by Crippen LogP contribution is 2.75. The predicted octanol–water partition coefficient (Wildman–Crippen LogP) is 7.52. The highest BCUT2D eigenvalue weighted by atomic mass is 16.7. The molecule has 220 valence electrons. The number of carboxylic acid groups (broad SMARTS) is 2. The first-order chi connectivity index (χ1) is 18.0. The second-order valence-corrected chi connectivity index (χ2v) is 15.8. The maximum absolute atomic E-state index is 11.9. The Morgan fingerprint density at radius 1 is 0.846 bits per heavy atom. The number of carbonyl (C=O) groups is 2. The minimum atomic E-state index is -1.23. The van der Waals surface area contributed by atoms with Gasteiger partial charge in [-0.1, -0.05) is 53.2 Å². The first-order valence-electron chi connectivity index (χ1n) is 15.1. The Bertz CT molecular complexity index is 1050. The fourth-order valence-corrected chi connectivity index (χ4v) is 11.1. The van der Waals surface area contributed by atoms with Crippen LogP contribution in [0.3, 0.4) is 0 Å². The van der Waals surface area contributed by atoms with E-state index in [9.17, 15) is 24.9 Å². The zero-order valence-corrected chi connectivity index (χ0v) is 24.8. The van der Waals surface area contributed by atoms with Gasteiger partial charge < -0.3 is 24.8 Å². The van der Waals surface area contributed by atoms with Crippen LogP contribution in [0.1, 0.15) is 106 Å². The van der Waals surface area contributed by atoms with Crippen LogP contribution in [0, 0.1) is 50.2 Å². The van der Waals surface area contributed by atoms with Crippen LogP contribution < -0.4 is 0 Å². The summed E-state index contributed by atoms with van der Waals surface area (Å²) in [7, 11) is 0. The van der Waals surface area contributed by atoms with Crippen LogP contribution in [-0.2, 0) is 9.47 Å². The average Bonchev–Trinajstić information content (AvgIpc) is 2.84. The topological polar surface area (TPSA) is 113 Å². The number of allylic oxidation sites excluding steroid dienone is 1. The molecule has 7 nitrogen and oxygen atoms in total. The van der Waals surface area contributed by atoms with Gasteiger partial charge in [-0.05, 0) is 104 Å². The largest absolute Gasteiger partial charge is 0.505 e. The van der Waals surface area contributed by atoms with E-state index >= 15 is 0 Å². The van der Waals surface area contributed by atoms with E-state index in [1.165, 1.54) is 5.57 Å². The van der Waals surface area contributed by atoms with Crippen molar-refractivity contribution in [1.29, 1.82) is 0 Å². The minimum absolute atomic E-state index is 0.0424. The highest BCUT2D eigenvalue weighted by Gasteiger charge is 2.70. The molecule has 0 radical (unpaired) electrons. The lowest BCUT2D eigenvalue weighted by atomic mass is 9.33. The van der Waals surface area contributed by atoms with Gasteiger partial charge in [-0.15, -0.1) is 0 Å². The molecular weight excluding hydrogens is 496 g/mol. The molecule has 3 N–H and O–H groups in total. The number of hydrogen-bond acceptors (Lipinski definition) is 5. The fraction of sp³-hybridized carbons (Fsp3) is 0.875. The van der Waals surface area contributed by atoms with E-state index in [0.29, 0.717) is 11.8 Å². The van der Waals surface area contributed by atoms with Crippen molar-refractivity contribution in [2.45, 2.75) is 112 Å². The molecule has 0 heterocycles. The quantitative estimate of drug-likeness (QED) is 0.247. The number of rotatable bonds is 4. The monoisotopic (exact) mass is 546 g/mol. The van der Waals surface area contributed by atoms with Gasteiger partial charge in [-0.3, -0.25) is 0 Å². The van der Waals surface area contributed by atoms with E-state index in [4.69, 9.17) is 9.47 Å². The van der Waals surface area contributed by atoms with Gasteiger partial charge in [0.1, 0.15) is 13.2 Å². The summed E-state index contributed by atoms with van der Waals surface area (Å²) in [5.74, 6) is 0.898. The molecule has 5 aliphatic rings. The third kappa shape index (κ3) is 4.15. The molecule has 5 aliphatic carbocycles. The minimum Gasteiger partial charge on any atom is -0.450 e. The average molecular weight is 547 g/mol. The number of aliphatic hydroxyl groups excluding tert-OH is 1. The van der Waals surface area contributed by atoms with Crippen molar-refractivity contribution < 1.29 is 34.4 Å². The predicted molar refractivity (Wildman–Crippen MR) is 147 cm³/mol. The van der Waals surface area contributed by atoms with Crippen LogP contribution in [0.15, 0.2) is 11.6 Å². The molecule has 0 bridgehead atoms. The van der Waals surface area contributed by atoms with Crippen LogP contribution >= 0.6 is 0 Å². The van der Waals surface area contributed by atoms with Gasteiger partial charge in [-0.2, -0.15) is 0 Å². The molecule has 0 aliphatic heterocycles. The first-order valence-corrected chi connectivity index (χ1v) is 15.1. The summed E-state index contributed by atoms with van der Waals surface area (Å²) >= 11 is 0. The van der Waals surface area contributed by atoms with E-state index in [2.05, 4.69) is 47.6 Å². The van der Waals surface area contributed by atoms with E-state index in [0.717, 1.165) is 64.2 Å². The van der Waals surface area contributed by atoms with E-state index in [1.54, 1.807) is 0 Å². The first kappa shape index (κ1) is 28.8. The molecule has 4 saturated carbocycles. The highest BCUT2D eigenvalue weighted by molar-refractivity contribution is 5.57. The number of fused-ring (bicyclic) bond motifs is 7. The maximum Gasteiger partial charge on any atom is 0.505 e. The summed E-state index contributed by atoms with van der Waals surface area (Å²) in [6, 6.07) is 0. The second kappa shape index (κ2) is 9.12. The van der Waals surface area contributed by atoms with Crippen LogP contribution in [0.5, 0.6) is 0 Å². The van der Waals surface area contributed by atoms with Gasteiger partial charge in [0, 0.05) is 10.8 Å². The van der Waals surface area contributed by atoms with E-state index in [-0.39, 0.29) is 52.3 Å². The molecule has 5 rings (SSSR count). The van der Waals surface area contributed by atoms with Gasteiger partial charge in [-0.25, -0.2) is 9.59 Å². The van der Waals surface area contributed by atoms with Gasteiger partial charge >= 0.3 is 12.3 Å². The van der Waals surface area contributed by atoms with Crippen LogP contribution in [0.25, 0.3) is 0 Å². The van der Waals surface area contributed by atoms with Crippen molar-refractivity contribution in [3.05, 3.63) is 11.6 Å². The van der Waals surface area contributed by atoms with Crippen molar-refractivity contribution in [2.24, 2.45) is 50.2 Å². The Morgan fingerprint density at radius 2 is 1.49 bits per heavy atom. The number of hydrogen-bond donors (Lipinski definition) is 3. The summed E-state index contributed by atoms with van der Waals surface area (Å²) in [5, 5.41) is 30.1. The second-order valence-electron chi connectivity index (χ2n) is 15.8. The molecule has 0 aromatic heterocycles. The molecule has 0 amide bonds. The van der Waals surface area contributed by atoms with Crippen molar-refractivity contribution >= 4 is 12.3 Å². The molecule has 0 aromatic carbocycles. The van der Waals surface area contributed by atoms with Crippen molar-refractivity contribution in [3.63, 3.8) is 0 Å². The summed E-state index contributed by atoms with van der Waals surface area (Å²) < 4.78 is 10.9. The molecular formula is C32H50O7. The van der Waals surface area contributed by atoms with Gasteiger partial charge in [0.25, 0.3) is 0 Å². The van der Waals surface area contributed by atoms with Crippen LogP contribution in [-0.4, -0.2) is 46.9 Å². The molecule has 8 atom stereocenters. The zero-order valence-electron chi connectivity index (χ0n) is 24.8. The van der Waals surface area contributed by atoms with Crippen molar-refractivity contribution in [1.82, 2.24) is 0 Å². The summed E-state index contributed by atoms with van der Waals surface area (Å²) in [6.07, 6.45) is 8.86. The lowest BCUT2D eigenvalue weighted by molar-refractivity contribution is -0.214. The van der Waals surface area contributed by atoms with Crippen molar-refractivity contribution in [3.8, 4) is 0 Å². The molecule has 39 heavy (non-hydrogen) atoms. The Morgan fingerprint density at radius 3 is 2.15 bits per heavy atom. The van der Waals surface area contributed by atoms with Gasteiger partial charge in [0.05, 0.1) is 6.10 Å². The Balaban J connectivity index is 1.63. The molecule has 0 spiro atoms. The van der Waals surface area contributed by atoms with Crippen LogP contribution in [0.2, 0.25) is 0 Å². The summed E-state index contributed by atoms with van der Waals surface area (Å²) in [5.41, 5.74) is 0.471. The third-order valence-corrected chi connectivity index (χ3v) is 13.4. The molecule has 4 fully saturated rings. The normalized spacial score (nSPS) is 45.9. The van der Waals surface area contributed by atoms with E-state index < -0.39 is 17.7 Å². The fourth-order valence-electron chi connectivity index (χ4n) is 11.1. The maximum atomic E-state index is 11.9. The smallest absolute Gasteiger partial charge is 0.450 e. The summed E-state index contributed by atoms with van der Waals surface area (Å²) in [4.78, 5) is 23.4. The molecule has 7 heteroatoms. The molecule has 1 unspecified atom stereocenters. The third-order valence-electron chi connectivity index (χ3n) is 13.4. The van der Waals surface area contributed by atoms with E-state index in [1.807, 2.05) is 0 Å². The Labute approximate surface area is 233 Å². The summed E-state index contributed by atoms with van der Waals surface area (Å²) in [6.45, 7) is 14.3. The van der Waals surface area contributed by atoms with Gasteiger partial charge in [0.15, 0.2) is 0 Å². The van der Waals surface area contributed by atoms with Crippen LogP contribution in [0.4, 0.5) is 9.59 Å². The molecule has 0 saturated heterocycles. The van der Waals surface area contributed by atoms with Gasteiger partial charge in [0.2, 0.25) is 0 Å². The number of ether oxygens (including phenoxy) is 2.